The Kier molecular flexibility index (Phi) is 8.88. The van der Waals surface area contributed by atoms with E-state index in [2.05, 4.69) is 48.9 Å². The van der Waals surface area contributed by atoms with Crippen molar-refractivity contribution in [3.8, 4) is 11.1 Å². The summed E-state index contributed by atoms with van der Waals surface area (Å²) in [5, 5.41) is 0. The van der Waals surface area contributed by atoms with Crippen LogP contribution >= 0.6 is 0 Å². The predicted octanol–water partition coefficient (Wildman–Crippen LogP) is 6.33. The summed E-state index contributed by atoms with van der Waals surface area (Å²) in [6, 6.07) is 16.5. The number of ether oxygens (including phenoxy) is 2. The van der Waals surface area contributed by atoms with Crippen LogP contribution in [0.4, 0.5) is 0 Å². The molecule has 0 aliphatic carbocycles. The largest absolute Gasteiger partial charge is 0.388 e. The van der Waals surface area contributed by atoms with Crippen LogP contribution in [-0.4, -0.2) is 26.6 Å². The lowest BCUT2D eigenvalue weighted by atomic mass is 9.88. The Balaban J connectivity index is 0.000000878. The van der Waals surface area contributed by atoms with Crippen molar-refractivity contribution in [2.75, 3.05) is 20.8 Å². The molecule has 0 radical (unpaired) electrons. The van der Waals surface area contributed by atoms with Gasteiger partial charge in [0, 0.05) is 26.4 Å². The number of carbonyl (C=O) groups excluding carboxylic acids is 1. The van der Waals surface area contributed by atoms with Crippen LogP contribution in [0.1, 0.15) is 62.1 Å². The molecular formula is C25H34O3. The lowest BCUT2D eigenvalue weighted by Gasteiger charge is -2.20. The van der Waals surface area contributed by atoms with Crippen LogP contribution in [0.25, 0.3) is 11.1 Å². The third kappa shape index (κ3) is 6.29. The Morgan fingerprint density at radius 1 is 1.11 bits per heavy atom. The van der Waals surface area contributed by atoms with Gasteiger partial charge in [-0.3, -0.25) is 4.79 Å². The van der Waals surface area contributed by atoms with E-state index >= 15 is 0 Å². The van der Waals surface area contributed by atoms with Gasteiger partial charge in [-0.05, 0) is 54.4 Å². The molecule has 1 saturated heterocycles. The average Bonchev–Trinajstić information content (AvgIpc) is 3.16. The molecule has 1 aliphatic heterocycles. The maximum atomic E-state index is 11.6. The lowest BCUT2D eigenvalue weighted by Crippen LogP contribution is -2.08. The Labute approximate surface area is 170 Å². The van der Waals surface area contributed by atoms with Gasteiger partial charge in [-0.1, -0.05) is 62.7 Å². The fourth-order valence-corrected chi connectivity index (χ4v) is 3.63. The zero-order valence-corrected chi connectivity index (χ0v) is 17.9. The smallest absolute Gasteiger partial charge is 0.159 e. The minimum absolute atomic E-state index is 0.103. The highest BCUT2D eigenvalue weighted by Crippen LogP contribution is 2.38. The molecule has 0 unspecified atom stereocenters. The predicted molar refractivity (Wildman–Crippen MR) is 116 cm³/mol. The molecule has 0 amide bonds. The lowest BCUT2D eigenvalue weighted by molar-refractivity contribution is 0.0874. The molecular weight excluding hydrogens is 348 g/mol. The SMILES string of the molecule is CC(=O)c1cccc(-c2ccc([C@H]3OCC[C@H]3CCC(C)C)cc2)c1.COC. The molecule has 1 fully saturated rings. The van der Waals surface area contributed by atoms with Crippen molar-refractivity contribution in [1.82, 2.24) is 0 Å². The van der Waals surface area contributed by atoms with E-state index in [9.17, 15) is 4.79 Å². The van der Waals surface area contributed by atoms with Crippen molar-refractivity contribution in [1.29, 1.82) is 0 Å². The zero-order valence-electron chi connectivity index (χ0n) is 17.9. The van der Waals surface area contributed by atoms with Gasteiger partial charge >= 0.3 is 0 Å². The molecule has 1 heterocycles. The van der Waals surface area contributed by atoms with E-state index in [0.29, 0.717) is 5.92 Å². The molecule has 152 valence electrons. The zero-order chi connectivity index (χ0) is 20.5. The Morgan fingerprint density at radius 3 is 2.39 bits per heavy atom. The molecule has 0 N–H and O–H groups in total. The second kappa shape index (κ2) is 11.1. The van der Waals surface area contributed by atoms with Crippen molar-refractivity contribution in [2.24, 2.45) is 11.8 Å². The van der Waals surface area contributed by atoms with Gasteiger partial charge in [0.15, 0.2) is 5.78 Å². The summed E-state index contributed by atoms with van der Waals surface area (Å²) >= 11 is 0. The molecule has 3 rings (SSSR count). The number of hydrogen-bond donors (Lipinski definition) is 0. The standard InChI is InChI=1S/C23H28O2.C2H6O/c1-16(2)7-8-20-13-14-25-23(20)19-11-9-18(10-12-19)22-6-4-5-21(15-22)17(3)24;1-3-2/h4-6,9-12,15-16,20,23H,7-8,13-14H2,1-3H3;1-2H3/t20-,23-;/m1./s1. The molecule has 0 bridgehead atoms. The first-order valence-corrected chi connectivity index (χ1v) is 10.2. The van der Waals surface area contributed by atoms with E-state index in [-0.39, 0.29) is 11.9 Å². The molecule has 0 saturated carbocycles. The first-order valence-electron chi connectivity index (χ1n) is 10.2. The molecule has 3 heteroatoms. The van der Waals surface area contributed by atoms with Gasteiger partial charge in [-0.15, -0.1) is 0 Å². The summed E-state index contributed by atoms with van der Waals surface area (Å²) in [6.45, 7) is 7.05. The van der Waals surface area contributed by atoms with Crippen LogP contribution in [0.15, 0.2) is 48.5 Å². The summed E-state index contributed by atoms with van der Waals surface area (Å²) in [5.74, 6) is 1.48. The molecule has 2 atom stereocenters. The van der Waals surface area contributed by atoms with E-state index in [4.69, 9.17) is 4.74 Å². The third-order valence-electron chi connectivity index (χ3n) is 5.17. The maximum absolute atomic E-state index is 11.6. The highest BCUT2D eigenvalue weighted by molar-refractivity contribution is 5.95. The summed E-state index contributed by atoms with van der Waals surface area (Å²) in [5.41, 5.74) is 4.26. The number of Topliss-reactive ketones (excluding diaryl/α,β-unsaturated/α-hetero) is 1. The van der Waals surface area contributed by atoms with Gasteiger partial charge in [0.05, 0.1) is 6.10 Å². The monoisotopic (exact) mass is 382 g/mol. The minimum atomic E-state index is 0.103. The second-order valence-electron chi connectivity index (χ2n) is 7.98. The Bertz CT molecular complexity index is 734. The summed E-state index contributed by atoms with van der Waals surface area (Å²) in [7, 11) is 3.25. The van der Waals surface area contributed by atoms with Crippen LogP contribution in [0, 0.1) is 11.8 Å². The van der Waals surface area contributed by atoms with Gasteiger partial charge < -0.3 is 9.47 Å². The molecule has 2 aromatic rings. The van der Waals surface area contributed by atoms with E-state index in [1.54, 1.807) is 21.1 Å². The maximum Gasteiger partial charge on any atom is 0.159 e. The van der Waals surface area contributed by atoms with Gasteiger partial charge in [-0.25, -0.2) is 0 Å². The summed E-state index contributed by atoms with van der Waals surface area (Å²) in [6.07, 6.45) is 3.90. The highest BCUT2D eigenvalue weighted by atomic mass is 16.5. The Hall–Kier alpha value is -1.97. The first kappa shape index (κ1) is 22.3. The summed E-state index contributed by atoms with van der Waals surface area (Å²) in [4.78, 5) is 11.6. The van der Waals surface area contributed by atoms with E-state index in [0.717, 1.165) is 29.2 Å². The third-order valence-corrected chi connectivity index (χ3v) is 5.17. The minimum Gasteiger partial charge on any atom is -0.388 e. The van der Waals surface area contributed by atoms with Crippen molar-refractivity contribution < 1.29 is 14.3 Å². The number of hydrogen-bond acceptors (Lipinski definition) is 3. The van der Waals surface area contributed by atoms with Gasteiger partial charge in [0.1, 0.15) is 0 Å². The molecule has 0 spiro atoms. The number of rotatable bonds is 6. The fourth-order valence-electron chi connectivity index (χ4n) is 3.63. The van der Waals surface area contributed by atoms with Crippen LogP contribution in [-0.2, 0) is 9.47 Å². The van der Waals surface area contributed by atoms with Gasteiger partial charge in [0.25, 0.3) is 0 Å². The molecule has 28 heavy (non-hydrogen) atoms. The van der Waals surface area contributed by atoms with Gasteiger partial charge in [0.2, 0.25) is 0 Å². The van der Waals surface area contributed by atoms with Crippen LogP contribution < -0.4 is 0 Å². The summed E-state index contributed by atoms with van der Waals surface area (Å²) < 4.78 is 10.3. The topological polar surface area (TPSA) is 35.5 Å². The molecule has 0 aromatic heterocycles. The molecule has 2 aromatic carbocycles. The normalized spacial score (nSPS) is 18.6. The number of benzene rings is 2. The first-order chi connectivity index (χ1) is 13.5. The van der Waals surface area contributed by atoms with Crippen molar-refractivity contribution in [3.63, 3.8) is 0 Å². The fraction of sp³-hybridized carbons (Fsp3) is 0.480. The van der Waals surface area contributed by atoms with Crippen molar-refractivity contribution >= 4 is 5.78 Å². The van der Waals surface area contributed by atoms with E-state index in [1.807, 2.05) is 18.2 Å². The van der Waals surface area contributed by atoms with E-state index < -0.39 is 0 Å². The van der Waals surface area contributed by atoms with Crippen LogP contribution in [0.5, 0.6) is 0 Å². The highest BCUT2D eigenvalue weighted by Gasteiger charge is 2.29. The van der Waals surface area contributed by atoms with Crippen molar-refractivity contribution in [2.45, 2.75) is 46.1 Å². The van der Waals surface area contributed by atoms with E-state index in [1.165, 1.54) is 24.8 Å². The van der Waals surface area contributed by atoms with Gasteiger partial charge in [-0.2, -0.15) is 0 Å². The molecule has 1 aliphatic rings. The Morgan fingerprint density at radius 2 is 1.79 bits per heavy atom. The quantitative estimate of drug-likeness (QED) is 0.547. The average molecular weight is 383 g/mol. The van der Waals surface area contributed by atoms with Crippen LogP contribution in [0.2, 0.25) is 0 Å². The number of ketones is 1. The van der Waals surface area contributed by atoms with Crippen molar-refractivity contribution in [3.05, 3.63) is 59.7 Å². The number of methoxy groups -OCH3 is 1. The van der Waals surface area contributed by atoms with Crippen LogP contribution in [0.3, 0.4) is 0 Å². The molecule has 3 nitrogen and oxygen atoms in total. The number of carbonyl (C=O) groups is 1. The second-order valence-corrected chi connectivity index (χ2v) is 7.98.